The van der Waals surface area contributed by atoms with E-state index in [9.17, 15) is 0 Å². The maximum absolute atomic E-state index is 5.27. The molecule has 15 heavy (non-hydrogen) atoms. The molecule has 0 unspecified atom stereocenters. The quantitative estimate of drug-likeness (QED) is 0.698. The molecule has 0 radical (unpaired) electrons. The van der Waals surface area contributed by atoms with E-state index < -0.39 is 0 Å². The van der Waals surface area contributed by atoms with Gasteiger partial charge in [0.2, 0.25) is 0 Å². The van der Waals surface area contributed by atoms with Crippen LogP contribution in [0.3, 0.4) is 0 Å². The minimum Gasteiger partial charge on any atom is -0.337 e. The van der Waals surface area contributed by atoms with Gasteiger partial charge in [-0.05, 0) is 5.39 Å². The van der Waals surface area contributed by atoms with E-state index in [1.165, 1.54) is 10.8 Å². The topological polar surface area (TPSA) is 12.0 Å². The fourth-order valence-electron chi connectivity index (χ4n) is 1.96. The van der Waals surface area contributed by atoms with Gasteiger partial charge in [-0.3, -0.25) is 0 Å². The van der Waals surface area contributed by atoms with Crippen LogP contribution in [-0.2, 0) is 0 Å². The van der Waals surface area contributed by atoms with Crippen LogP contribution < -0.4 is 5.32 Å². The zero-order valence-electron chi connectivity index (χ0n) is 7.78. The van der Waals surface area contributed by atoms with Crippen molar-refractivity contribution in [3.05, 3.63) is 47.5 Å². The summed E-state index contributed by atoms with van der Waals surface area (Å²) in [6.45, 7) is 0. The Labute approximate surface area is 98.1 Å². The standard InChI is InChI=1S/C12H7NS2/c14-11-8-5-1-3-7-4-2-6-9(10(7)8)12(15)13-11/h1-6H,(H,13,14,15). The average molecular weight is 229 g/mol. The van der Waals surface area contributed by atoms with Crippen LogP contribution >= 0.6 is 24.4 Å². The molecule has 0 amide bonds. The van der Waals surface area contributed by atoms with Crippen molar-refractivity contribution in [3.63, 3.8) is 0 Å². The molecule has 0 saturated heterocycles. The molecule has 1 aliphatic rings. The molecule has 0 bridgehead atoms. The van der Waals surface area contributed by atoms with Crippen molar-refractivity contribution in [1.29, 1.82) is 0 Å². The van der Waals surface area contributed by atoms with Crippen LogP contribution in [0.2, 0.25) is 0 Å². The van der Waals surface area contributed by atoms with Crippen molar-refractivity contribution >= 4 is 45.2 Å². The normalized spacial score (nSPS) is 14.1. The van der Waals surface area contributed by atoms with Crippen LogP contribution in [0.1, 0.15) is 11.1 Å². The van der Waals surface area contributed by atoms with Crippen LogP contribution in [0.15, 0.2) is 36.4 Å². The van der Waals surface area contributed by atoms with E-state index in [0.717, 1.165) is 21.1 Å². The monoisotopic (exact) mass is 229 g/mol. The number of rotatable bonds is 0. The van der Waals surface area contributed by atoms with Gasteiger partial charge < -0.3 is 5.32 Å². The molecule has 0 spiro atoms. The van der Waals surface area contributed by atoms with Crippen LogP contribution in [-0.4, -0.2) is 9.98 Å². The summed E-state index contributed by atoms with van der Waals surface area (Å²) in [6, 6.07) is 12.3. The molecule has 72 valence electrons. The van der Waals surface area contributed by atoms with Crippen molar-refractivity contribution < 1.29 is 0 Å². The number of nitrogens with one attached hydrogen (secondary N) is 1. The third kappa shape index (κ3) is 1.20. The van der Waals surface area contributed by atoms with Gasteiger partial charge in [-0.15, -0.1) is 0 Å². The first-order valence-corrected chi connectivity index (χ1v) is 5.46. The molecule has 1 aliphatic heterocycles. The lowest BCUT2D eigenvalue weighted by atomic mass is 9.96. The zero-order valence-corrected chi connectivity index (χ0v) is 9.41. The Kier molecular flexibility index (Phi) is 1.84. The summed E-state index contributed by atoms with van der Waals surface area (Å²) in [5.74, 6) is 0. The molecular weight excluding hydrogens is 222 g/mol. The molecule has 0 saturated carbocycles. The van der Waals surface area contributed by atoms with Crippen molar-refractivity contribution in [2.45, 2.75) is 0 Å². The number of thiocarbonyl (C=S) groups is 2. The third-order valence-corrected chi connectivity index (χ3v) is 3.26. The highest BCUT2D eigenvalue weighted by molar-refractivity contribution is 7.82. The van der Waals surface area contributed by atoms with Crippen molar-refractivity contribution in [1.82, 2.24) is 5.32 Å². The molecule has 2 aromatic rings. The fraction of sp³-hybridized carbons (Fsp3) is 0. The zero-order chi connectivity index (χ0) is 10.4. The van der Waals surface area contributed by atoms with Crippen LogP contribution in [0, 0.1) is 0 Å². The molecule has 0 fully saturated rings. The smallest absolute Gasteiger partial charge is 0.112 e. The lowest BCUT2D eigenvalue weighted by Crippen LogP contribution is -2.33. The molecule has 3 heteroatoms. The number of hydrogen-bond donors (Lipinski definition) is 1. The van der Waals surface area contributed by atoms with Crippen molar-refractivity contribution in [2.75, 3.05) is 0 Å². The van der Waals surface area contributed by atoms with Gasteiger partial charge in [-0.2, -0.15) is 0 Å². The van der Waals surface area contributed by atoms with Gasteiger partial charge in [-0.25, -0.2) is 0 Å². The highest BCUT2D eigenvalue weighted by Crippen LogP contribution is 2.26. The lowest BCUT2D eigenvalue weighted by molar-refractivity contribution is 1.41. The van der Waals surface area contributed by atoms with E-state index in [1.54, 1.807) is 0 Å². The molecule has 3 rings (SSSR count). The second-order valence-corrected chi connectivity index (χ2v) is 4.31. The van der Waals surface area contributed by atoms with E-state index >= 15 is 0 Å². The van der Waals surface area contributed by atoms with E-state index in [2.05, 4.69) is 17.4 Å². The van der Waals surface area contributed by atoms with Crippen molar-refractivity contribution in [3.8, 4) is 0 Å². The Balaban J connectivity index is 2.56. The third-order valence-electron chi connectivity index (χ3n) is 2.62. The first-order chi connectivity index (χ1) is 7.27. The summed E-state index contributed by atoms with van der Waals surface area (Å²) < 4.78 is 0. The van der Waals surface area contributed by atoms with Gasteiger partial charge in [0.1, 0.15) is 9.98 Å². The summed E-state index contributed by atoms with van der Waals surface area (Å²) in [7, 11) is 0. The second-order valence-electron chi connectivity index (χ2n) is 3.49. The largest absolute Gasteiger partial charge is 0.337 e. The fourth-order valence-corrected chi connectivity index (χ4v) is 2.57. The summed E-state index contributed by atoms with van der Waals surface area (Å²) in [6.07, 6.45) is 0. The van der Waals surface area contributed by atoms with E-state index in [4.69, 9.17) is 24.4 Å². The Morgan fingerprint density at radius 3 is 1.87 bits per heavy atom. The Hall–Kier alpha value is -1.32. The highest BCUT2D eigenvalue weighted by Gasteiger charge is 2.18. The summed E-state index contributed by atoms with van der Waals surface area (Å²) in [5.41, 5.74) is 2.15. The maximum Gasteiger partial charge on any atom is 0.112 e. The molecular formula is C12H7NS2. The minimum absolute atomic E-state index is 0.726. The van der Waals surface area contributed by atoms with Crippen LogP contribution in [0.5, 0.6) is 0 Å². The molecule has 0 aliphatic carbocycles. The SMILES string of the molecule is S=C1NC(=S)c2cccc3cccc1c23. The molecule has 1 heterocycles. The second kappa shape index (κ2) is 3.08. The Morgan fingerprint density at radius 2 is 1.33 bits per heavy atom. The van der Waals surface area contributed by atoms with Crippen molar-refractivity contribution in [2.24, 2.45) is 0 Å². The molecule has 0 atom stereocenters. The van der Waals surface area contributed by atoms with Crippen LogP contribution in [0.25, 0.3) is 10.8 Å². The first kappa shape index (κ1) is 8.95. The van der Waals surface area contributed by atoms with Gasteiger partial charge in [0, 0.05) is 16.5 Å². The molecule has 1 nitrogen and oxygen atoms in total. The molecule has 0 aromatic heterocycles. The van der Waals surface area contributed by atoms with Gasteiger partial charge >= 0.3 is 0 Å². The summed E-state index contributed by atoms with van der Waals surface area (Å²) in [4.78, 5) is 1.45. The Morgan fingerprint density at radius 1 is 0.800 bits per heavy atom. The van der Waals surface area contributed by atoms with Crippen LogP contribution in [0.4, 0.5) is 0 Å². The lowest BCUT2D eigenvalue weighted by Gasteiger charge is -2.20. The molecule has 1 N–H and O–H groups in total. The first-order valence-electron chi connectivity index (χ1n) is 4.65. The predicted molar refractivity (Wildman–Crippen MR) is 70.5 cm³/mol. The number of hydrogen-bond acceptors (Lipinski definition) is 2. The summed E-state index contributed by atoms with van der Waals surface area (Å²) in [5, 5.41) is 5.42. The highest BCUT2D eigenvalue weighted by atomic mass is 32.1. The van der Waals surface area contributed by atoms with E-state index in [0.29, 0.717) is 0 Å². The van der Waals surface area contributed by atoms with E-state index in [-0.39, 0.29) is 0 Å². The van der Waals surface area contributed by atoms with Gasteiger partial charge in [0.05, 0.1) is 0 Å². The predicted octanol–water partition coefficient (Wildman–Crippen LogP) is 2.79. The van der Waals surface area contributed by atoms with Gasteiger partial charge in [-0.1, -0.05) is 60.8 Å². The van der Waals surface area contributed by atoms with Gasteiger partial charge in [0.15, 0.2) is 0 Å². The minimum atomic E-state index is 0.726. The summed E-state index contributed by atoms with van der Waals surface area (Å²) >= 11 is 10.5. The average Bonchev–Trinajstić information content (AvgIpc) is 2.25. The molecule has 2 aromatic carbocycles. The number of benzene rings is 2. The van der Waals surface area contributed by atoms with Gasteiger partial charge in [0.25, 0.3) is 0 Å². The Bertz CT molecular complexity index is 553. The van der Waals surface area contributed by atoms with E-state index in [1.807, 2.05) is 24.3 Å². The maximum atomic E-state index is 5.27.